The summed E-state index contributed by atoms with van der Waals surface area (Å²) >= 11 is 5.12. The second kappa shape index (κ2) is 5.58. The third-order valence-electron chi connectivity index (χ3n) is 1.94. The van der Waals surface area contributed by atoms with Gasteiger partial charge in [0, 0.05) is 6.04 Å². The van der Waals surface area contributed by atoms with Crippen LogP contribution < -0.4 is 5.73 Å². The van der Waals surface area contributed by atoms with E-state index in [9.17, 15) is 0 Å². The number of rotatable bonds is 5. The average molecular weight is 260 g/mol. The quantitative estimate of drug-likeness (QED) is 0.631. The van der Waals surface area contributed by atoms with Crippen molar-refractivity contribution in [2.75, 3.05) is 0 Å². The van der Waals surface area contributed by atoms with E-state index >= 15 is 0 Å². The van der Waals surface area contributed by atoms with Crippen LogP contribution in [0.2, 0.25) is 0 Å². The van der Waals surface area contributed by atoms with Gasteiger partial charge >= 0.3 is 0 Å². The Morgan fingerprint density at radius 1 is 1.69 bits per heavy atom. The van der Waals surface area contributed by atoms with Crippen LogP contribution in [0.15, 0.2) is 27.9 Å². The van der Waals surface area contributed by atoms with E-state index in [0.717, 1.165) is 23.0 Å². The molecule has 0 aliphatic heterocycles. The van der Waals surface area contributed by atoms with Crippen LogP contribution in [0.25, 0.3) is 0 Å². The predicted molar refractivity (Wildman–Crippen MR) is 63.0 cm³/mol. The summed E-state index contributed by atoms with van der Waals surface area (Å²) in [7, 11) is 0. The van der Waals surface area contributed by atoms with E-state index in [4.69, 9.17) is 5.73 Å². The highest BCUT2D eigenvalue weighted by Crippen LogP contribution is 2.26. The average Bonchev–Trinajstić information content (AvgIpc) is 2.52. The highest BCUT2D eigenvalue weighted by atomic mass is 79.9. The Hall–Kier alpha value is -0.120. The molecule has 0 aliphatic rings. The van der Waals surface area contributed by atoms with E-state index in [2.05, 4.69) is 34.0 Å². The summed E-state index contributed by atoms with van der Waals surface area (Å²) in [4.78, 5) is 0. The van der Waals surface area contributed by atoms with Crippen LogP contribution in [0.4, 0.5) is 0 Å². The molecule has 1 heterocycles. The Labute approximate surface area is 91.8 Å². The molecule has 0 saturated heterocycles. The molecule has 0 saturated carbocycles. The fourth-order valence-electron chi connectivity index (χ4n) is 1.17. The summed E-state index contributed by atoms with van der Waals surface area (Å²) in [6.45, 7) is 3.69. The molecular weight excluding hydrogens is 246 g/mol. The number of hydrogen-bond acceptors (Lipinski definition) is 2. The van der Waals surface area contributed by atoms with Crippen molar-refractivity contribution in [1.82, 2.24) is 0 Å². The van der Waals surface area contributed by atoms with Crippen molar-refractivity contribution in [1.29, 1.82) is 0 Å². The van der Waals surface area contributed by atoms with Gasteiger partial charge in [0.2, 0.25) is 0 Å². The van der Waals surface area contributed by atoms with Gasteiger partial charge in [0.05, 0.1) is 3.79 Å². The minimum atomic E-state index is 0.183. The zero-order valence-electron chi connectivity index (χ0n) is 7.50. The summed E-state index contributed by atoms with van der Waals surface area (Å²) in [5.41, 5.74) is 7.24. The van der Waals surface area contributed by atoms with Crippen LogP contribution in [0, 0.1) is 0 Å². The van der Waals surface area contributed by atoms with Crippen molar-refractivity contribution in [3.05, 3.63) is 33.5 Å². The molecule has 0 amide bonds. The van der Waals surface area contributed by atoms with Gasteiger partial charge in [-0.3, -0.25) is 0 Å². The van der Waals surface area contributed by atoms with E-state index < -0.39 is 0 Å². The zero-order chi connectivity index (χ0) is 9.68. The predicted octanol–water partition coefficient (Wildman–Crippen LogP) is 3.87. The Morgan fingerprint density at radius 3 is 3.00 bits per heavy atom. The van der Waals surface area contributed by atoms with Crippen LogP contribution in [0.3, 0.4) is 0 Å². The number of hydrogen-bond donors (Lipinski definition) is 1. The van der Waals surface area contributed by atoms with Gasteiger partial charge in [-0.2, -0.15) is 0 Å². The van der Waals surface area contributed by atoms with Crippen molar-refractivity contribution in [3.63, 3.8) is 0 Å². The molecule has 1 nitrogen and oxygen atoms in total. The normalized spacial score (nSPS) is 12.8. The first-order valence-electron chi connectivity index (χ1n) is 4.34. The summed E-state index contributed by atoms with van der Waals surface area (Å²) in [6.07, 6.45) is 5.16. The molecule has 0 spiro atoms. The first-order valence-corrected chi connectivity index (χ1v) is 6.01. The standard InChI is InChI=1S/C10H14BrNS/c1-2-3-4-5-9(12)8-6-10(11)13-7-8/h2,6-7,9H,1,3-5,12H2. The van der Waals surface area contributed by atoms with E-state index in [0.29, 0.717) is 0 Å². The summed E-state index contributed by atoms with van der Waals surface area (Å²) in [5.74, 6) is 0. The molecule has 0 aliphatic carbocycles. The highest BCUT2D eigenvalue weighted by molar-refractivity contribution is 9.11. The van der Waals surface area contributed by atoms with Crippen LogP contribution in [0.1, 0.15) is 30.9 Å². The summed E-state index contributed by atoms with van der Waals surface area (Å²) < 4.78 is 1.15. The highest BCUT2D eigenvalue weighted by Gasteiger charge is 2.06. The fraction of sp³-hybridized carbons (Fsp3) is 0.400. The lowest BCUT2D eigenvalue weighted by molar-refractivity contribution is 0.619. The Morgan fingerprint density at radius 2 is 2.46 bits per heavy atom. The molecule has 3 heteroatoms. The number of allylic oxidation sites excluding steroid dienone is 1. The second-order valence-electron chi connectivity index (χ2n) is 3.01. The van der Waals surface area contributed by atoms with Gasteiger partial charge in [-0.15, -0.1) is 17.9 Å². The number of unbranched alkanes of at least 4 members (excludes halogenated alkanes) is 1. The molecule has 13 heavy (non-hydrogen) atoms. The molecular formula is C10H14BrNS. The van der Waals surface area contributed by atoms with Crippen molar-refractivity contribution < 1.29 is 0 Å². The number of thiophene rings is 1. The maximum atomic E-state index is 6.00. The van der Waals surface area contributed by atoms with Crippen molar-refractivity contribution in [3.8, 4) is 0 Å². The third kappa shape index (κ3) is 3.63. The number of halogens is 1. The third-order valence-corrected chi connectivity index (χ3v) is 3.46. The van der Waals surface area contributed by atoms with Crippen molar-refractivity contribution >= 4 is 27.3 Å². The van der Waals surface area contributed by atoms with E-state index in [1.54, 1.807) is 11.3 Å². The van der Waals surface area contributed by atoms with Crippen LogP contribution in [0.5, 0.6) is 0 Å². The van der Waals surface area contributed by atoms with Crippen LogP contribution >= 0.6 is 27.3 Å². The molecule has 1 aromatic rings. The molecule has 72 valence electrons. The lowest BCUT2D eigenvalue weighted by atomic mass is 10.1. The molecule has 2 N–H and O–H groups in total. The Bertz CT molecular complexity index is 270. The van der Waals surface area contributed by atoms with Crippen LogP contribution in [-0.2, 0) is 0 Å². The smallest absolute Gasteiger partial charge is 0.0701 e. The molecule has 0 aromatic carbocycles. The zero-order valence-corrected chi connectivity index (χ0v) is 9.90. The first kappa shape index (κ1) is 11.0. The van der Waals surface area contributed by atoms with Gasteiger partial charge in [-0.1, -0.05) is 6.08 Å². The largest absolute Gasteiger partial charge is 0.324 e. The maximum absolute atomic E-state index is 6.00. The lowest BCUT2D eigenvalue weighted by Gasteiger charge is -2.07. The minimum absolute atomic E-state index is 0.183. The lowest BCUT2D eigenvalue weighted by Crippen LogP contribution is -2.08. The number of nitrogens with two attached hydrogens (primary N) is 1. The molecule has 0 radical (unpaired) electrons. The van der Waals surface area contributed by atoms with Gasteiger partial charge in [-0.25, -0.2) is 0 Å². The second-order valence-corrected chi connectivity index (χ2v) is 5.30. The SMILES string of the molecule is C=CCCCC(N)c1csc(Br)c1. The molecule has 1 aromatic heterocycles. The van der Waals surface area contributed by atoms with Crippen molar-refractivity contribution in [2.24, 2.45) is 5.73 Å². The molecule has 1 atom stereocenters. The van der Waals surface area contributed by atoms with Gasteiger partial charge in [0.25, 0.3) is 0 Å². The Kier molecular flexibility index (Phi) is 4.70. The fourth-order valence-corrected chi connectivity index (χ4v) is 2.41. The van der Waals surface area contributed by atoms with E-state index in [-0.39, 0.29) is 6.04 Å². The molecule has 0 bridgehead atoms. The molecule has 0 fully saturated rings. The first-order chi connectivity index (χ1) is 6.24. The molecule has 1 rings (SSSR count). The van der Waals surface area contributed by atoms with Gasteiger partial charge in [0.15, 0.2) is 0 Å². The maximum Gasteiger partial charge on any atom is 0.0701 e. The molecule has 1 unspecified atom stereocenters. The van der Waals surface area contributed by atoms with Gasteiger partial charge in [-0.05, 0) is 52.2 Å². The van der Waals surface area contributed by atoms with E-state index in [1.165, 1.54) is 5.56 Å². The van der Waals surface area contributed by atoms with E-state index in [1.807, 2.05) is 6.08 Å². The van der Waals surface area contributed by atoms with Crippen LogP contribution in [-0.4, -0.2) is 0 Å². The topological polar surface area (TPSA) is 26.0 Å². The summed E-state index contributed by atoms with van der Waals surface area (Å²) in [6, 6.07) is 2.28. The van der Waals surface area contributed by atoms with Gasteiger partial charge in [0.1, 0.15) is 0 Å². The monoisotopic (exact) mass is 259 g/mol. The van der Waals surface area contributed by atoms with Crippen molar-refractivity contribution in [2.45, 2.75) is 25.3 Å². The van der Waals surface area contributed by atoms with Gasteiger partial charge < -0.3 is 5.73 Å². The minimum Gasteiger partial charge on any atom is -0.324 e. The Balaban J connectivity index is 2.39. The summed E-state index contributed by atoms with van der Waals surface area (Å²) in [5, 5.41) is 2.11.